The number of hydrogen-bond donors (Lipinski definition) is 1. The molecule has 1 N–H and O–H groups in total. The molecule has 1 saturated heterocycles. The molecule has 6 heteroatoms. The summed E-state index contributed by atoms with van der Waals surface area (Å²) in [5.41, 5.74) is -1.35. The number of carbonyl (C=O) groups excluding carboxylic acids is 3. The summed E-state index contributed by atoms with van der Waals surface area (Å²) in [7, 11) is 2.44. The molecule has 152 valence electrons. The minimum absolute atomic E-state index is 0.175. The van der Waals surface area contributed by atoms with Crippen molar-refractivity contribution in [3.05, 3.63) is 89.5 Å². The van der Waals surface area contributed by atoms with Crippen LogP contribution in [0, 0.1) is 5.41 Å². The molecule has 4 rings (SSSR count). The van der Waals surface area contributed by atoms with Crippen LogP contribution >= 0.6 is 0 Å². The molecule has 2 atom stereocenters. The van der Waals surface area contributed by atoms with E-state index in [4.69, 9.17) is 9.47 Å². The van der Waals surface area contributed by atoms with Gasteiger partial charge in [-0.15, -0.1) is 0 Å². The fourth-order valence-electron chi connectivity index (χ4n) is 4.82. The molecular weight excluding hydrogens is 382 g/mol. The van der Waals surface area contributed by atoms with Crippen LogP contribution in [0.25, 0.3) is 5.57 Å². The molecule has 30 heavy (non-hydrogen) atoms. The van der Waals surface area contributed by atoms with Crippen LogP contribution in [0.4, 0.5) is 0 Å². The maximum Gasteiger partial charge on any atom is 0.341 e. The number of methoxy groups -OCH3 is 2. The summed E-state index contributed by atoms with van der Waals surface area (Å²) in [5, 5.41) is 3.36. The van der Waals surface area contributed by atoms with Gasteiger partial charge in [0.1, 0.15) is 5.57 Å². The van der Waals surface area contributed by atoms with E-state index in [0.29, 0.717) is 22.3 Å². The van der Waals surface area contributed by atoms with Gasteiger partial charge in [0.15, 0.2) is 11.2 Å². The largest absolute Gasteiger partial charge is 0.468 e. The molecule has 0 saturated carbocycles. The second-order valence-corrected chi connectivity index (χ2v) is 7.25. The third kappa shape index (κ3) is 2.25. The molecule has 2 aromatic carbocycles. The molecule has 1 aliphatic heterocycles. The third-order valence-corrected chi connectivity index (χ3v) is 6.00. The summed E-state index contributed by atoms with van der Waals surface area (Å²) in [4.78, 5) is 40.1. The second kappa shape index (κ2) is 7.07. The van der Waals surface area contributed by atoms with Crippen LogP contribution in [0.3, 0.4) is 0 Å². The van der Waals surface area contributed by atoms with Gasteiger partial charge in [-0.1, -0.05) is 67.2 Å². The highest BCUT2D eigenvalue weighted by atomic mass is 16.5. The first kappa shape index (κ1) is 19.8. The van der Waals surface area contributed by atoms with Gasteiger partial charge in [0.25, 0.3) is 0 Å². The Kier molecular flexibility index (Phi) is 4.67. The minimum atomic E-state index is -1.82. The number of esters is 2. The van der Waals surface area contributed by atoms with Gasteiger partial charge in [-0.2, -0.15) is 0 Å². The van der Waals surface area contributed by atoms with Crippen molar-refractivity contribution in [1.29, 1.82) is 0 Å². The van der Waals surface area contributed by atoms with Crippen LogP contribution in [-0.2, 0) is 29.4 Å². The molecule has 0 aromatic heterocycles. The van der Waals surface area contributed by atoms with E-state index in [-0.39, 0.29) is 12.1 Å². The highest BCUT2D eigenvalue weighted by Crippen LogP contribution is 2.63. The number of fused-ring (bicyclic) bond motifs is 1. The van der Waals surface area contributed by atoms with Crippen molar-refractivity contribution in [3.8, 4) is 0 Å². The maximum atomic E-state index is 13.9. The Balaban J connectivity index is 2.20. The molecule has 0 spiro atoms. The number of ether oxygens (including phenoxy) is 2. The van der Waals surface area contributed by atoms with E-state index in [9.17, 15) is 14.4 Å². The lowest BCUT2D eigenvalue weighted by Crippen LogP contribution is -2.55. The number of carbonyl (C=O) groups is 3. The van der Waals surface area contributed by atoms with E-state index in [0.717, 1.165) is 0 Å². The Morgan fingerprint density at radius 2 is 1.57 bits per heavy atom. The number of nitrogens with one attached hydrogen (secondary N) is 1. The standard InChI is InChI=1S/C24H21NO5/c1-15-14-25-24(17-12-8-5-9-13-17)19(16-10-6-4-7-11-16)18(21(27)29-2)20(26)23(15,24)22(28)30-3/h4-13,25H,1,14H2,2-3H3/t23-,24+/m1/s1. The smallest absolute Gasteiger partial charge is 0.341 e. The topological polar surface area (TPSA) is 81.7 Å². The van der Waals surface area contributed by atoms with Crippen molar-refractivity contribution in [1.82, 2.24) is 5.32 Å². The first-order valence-corrected chi connectivity index (χ1v) is 9.47. The van der Waals surface area contributed by atoms with Gasteiger partial charge < -0.3 is 9.47 Å². The molecule has 0 bridgehead atoms. The van der Waals surface area contributed by atoms with Crippen LogP contribution < -0.4 is 5.32 Å². The highest BCUT2D eigenvalue weighted by molar-refractivity contribution is 6.36. The minimum Gasteiger partial charge on any atom is -0.468 e. The van der Waals surface area contributed by atoms with Crippen molar-refractivity contribution in [3.63, 3.8) is 0 Å². The van der Waals surface area contributed by atoms with Gasteiger partial charge in [-0.05, 0) is 16.7 Å². The Hall–Kier alpha value is -3.51. The van der Waals surface area contributed by atoms with Crippen molar-refractivity contribution in [2.45, 2.75) is 5.54 Å². The van der Waals surface area contributed by atoms with E-state index in [1.165, 1.54) is 14.2 Å². The van der Waals surface area contributed by atoms with Crippen LogP contribution in [-0.4, -0.2) is 38.5 Å². The van der Waals surface area contributed by atoms with E-state index in [2.05, 4.69) is 11.9 Å². The van der Waals surface area contributed by atoms with Crippen LogP contribution in [0.1, 0.15) is 11.1 Å². The van der Waals surface area contributed by atoms with Gasteiger partial charge in [0.05, 0.1) is 19.8 Å². The highest BCUT2D eigenvalue weighted by Gasteiger charge is 2.75. The van der Waals surface area contributed by atoms with Crippen LogP contribution in [0.15, 0.2) is 78.4 Å². The molecule has 1 heterocycles. The summed E-state index contributed by atoms with van der Waals surface area (Å²) in [6.45, 7) is 4.25. The van der Waals surface area contributed by atoms with E-state index in [1.807, 2.05) is 48.5 Å². The Morgan fingerprint density at radius 1 is 0.967 bits per heavy atom. The maximum absolute atomic E-state index is 13.9. The number of hydrogen-bond acceptors (Lipinski definition) is 6. The fourth-order valence-corrected chi connectivity index (χ4v) is 4.82. The second-order valence-electron chi connectivity index (χ2n) is 7.25. The van der Waals surface area contributed by atoms with Gasteiger partial charge >= 0.3 is 11.9 Å². The summed E-state index contributed by atoms with van der Waals surface area (Å²) in [6.07, 6.45) is 0. The summed E-state index contributed by atoms with van der Waals surface area (Å²) < 4.78 is 10.1. The zero-order valence-electron chi connectivity index (χ0n) is 16.7. The molecule has 0 radical (unpaired) electrons. The van der Waals surface area contributed by atoms with Crippen LogP contribution in [0.2, 0.25) is 0 Å². The number of rotatable bonds is 4. The van der Waals surface area contributed by atoms with E-state index < -0.39 is 28.7 Å². The zero-order chi connectivity index (χ0) is 21.5. The predicted molar refractivity (Wildman–Crippen MR) is 110 cm³/mol. The molecule has 2 aromatic rings. The van der Waals surface area contributed by atoms with Gasteiger partial charge in [0, 0.05) is 12.1 Å². The first-order chi connectivity index (χ1) is 14.5. The lowest BCUT2D eigenvalue weighted by Gasteiger charge is -2.40. The van der Waals surface area contributed by atoms with Crippen LogP contribution in [0.5, 0.6) is 0 Å². The van der Waals surface area contributed by atoms with Crippen molar-refractivity contribution < 1.29 is 23.9 Å². The summed E-state index contributed by atoms with van der Waals surface area (Å²) in [6, 6.07) is 18.2. The van der Waals surface area contributed by atoms with Crippen molar-refractivity contribution in [2.75, 3.05) is 20.8 Å². The quantitative estimate of drug-likeness (QED) is 0.365. The SMILES string of the molecule is C=C1CN[C@@]2(c3ccccc3)C(c3ccccc3)=C(C(=O)OC)C(=O)[C@@]12C(=O)OC. The van der Waals surface area contributed by atoms with Gasteiger partial charge in [-0.3, -0.25) is 14.9 Å². The predicted octanol–water partition coefficient (Wildman–Crippen LogP) is 2.41. The molecule has 6 nitrogen and oxygen atoms in total. The monoisotopic (exact) mass is 403 g/mol. The Bertz CT molecular complexity index is 1090. The number of Topliss-reactive ketones (excluding diaryl/α,β-unsaturated/α-hetero) is 1. The molecule has 1 aliphatic carbocycles. The molecule has 0 unspecified atom stereocenters. The van der Waals surface area contributed by atoms with Crippen molar-refractivity contribution in [2.24, 2.45) is 5.41 Å². The zero-order valence-corrected chi connectivity index (χ0v) is 16.7. The Morgan fingerprint density at radius 3 is 2.13 bits per heavy atom. The van der Waals surface area contributed by atoms with Gasteiger partial charge in [0.2, 0.25) is 0 Å². The van der Waals surface area contributed by atoms with Gasteiger partial charge in [-0.25, -0.2) is 4.79 Å². The van der Waals surface area contributed by atoms with E-state index >= 15 is 0 Å². The van der Waals surface area contributed by atoms with E-state index in [1.54, 1.807) is 12.1 Å². The fraction of sp³-hybridized carbons (Fsp3) is 0.208. The Labute approximate surface area is 174 Å². The molecule has 2 aliphatic rings. The third-order valence-electron chi connectivity index (χ3n) is 6.00. The normalized spacial score (nSPS) is 25.3. The number of ketones is 1. The van der Waals surface area contributed by atoms with Crippen molar-refractivity contribution >= 4 is 23.3 Å². The molecule has 0 amide bonds. The average molecular weight is 403 g/mol. The molecule has 1 fully saturated rings. The number of benzene rings is 2. The lowest BCUT2D eigenvalue weighted by molar-refractivity contribution is -0.156. The first-order valence-electron chi connectivity index (χ1n) is 9.47. The average Bonchev–Trinajstić information content (AvgIpc) is 3.23. The summed E-state index contributed by atoms with van der Waals surface area (Å²) in [5.74, 6) is -2.24. The summed E-state index contributed by atoms with van der Waals surface area (Å²) >= 11 is 0. The lowest BCUT2D eigenvalue weighted by atomic mass is 9.63. The molecular formula is C24H21NO5.